The van der Waals surface area contributed by atoms with E-state index in [2.05, 4.69) is 17.2 Å². The summed E-state index contributed by atoms with van der Waals surface area (Å²) < 4.78 is 22.2. The molecule has 7 heteroatoms. The Balaban J connectivity index is 2.48. The van der Waals surface area contributed by atoms with E-state index in [-0.39, 0.29) is 22.5 Å². The molecule has 114 valence electrons. The van der Waals surface area contributed by atoms with Crippen LogP contribution in [0.5, 0.6) is 0 Å². The molecule has 0 bridgehead atoms. The molecule has 1 aromatic heterocycles. The van der Waals surface area contributed by atoms with Gasteiger partial charge in [0.25, 0.3) is 5.91 Å². The first-order chi connectivity index (χ1) is 9.34. The van der Waals surface area contributed by atoms with E-state index in [1.54, 1.807) is 0 Å². The maximum Gasteiger partial charge on any atom is 0.267 e. The number of hydrogen-bond donors (Lipinski definition) is 3. The summed E-state index contributed by atoms with van der Waals surface area (Å²) in [4.78, 5) is 14.4. The number of rotatable bonds is 8. The second kappa shape index (κ2) is 7.44. The minimum Gasteiger partial charge on any atom is -0.356 e. The van der Waals surface area contributed by atoms with Gasteiger partial charge in [-0.2, -0.15) is 0 Å². The smallest absolute Gasteiger partial charge is 0.267 e. The van der Waals surface area contributed by atoms with Crippen LogP contribution in [0, 0.1) is 0 Å². The molecule has 1 unspecified atom stereocenters. The van der Waals surface area contributed by atoms with Gasteiger partial charge < -0.3 is 10.3 Å². The topological polar surface area (TPSA) is 105 Å². The molecule has 0 aliphatic carbocycles. The molecule has 1 atom stereocenters. The van der Waals surface area contributed by atoms with Gasteiger partial charge in [-0.15, -0.1) is 0 Å². The minimum atomic E-state index is -3.78. The number of carbonyl (C=O) groups is 1. The van der Waals surface area contributed by atoms with Crippen LogP contribution in [0.25, 0.3) is 0 Å². The van der Waals surface area contributed by atoms with E-state index < -0.39 is 10.0 Å². The van der Waals surface area contributed by atoms with Gasteiger partial charge in [0.15, 0.2) is 0 Å². The molecule has 1 amide bonds. The number of aromatic amines is 1. The molecule has 0 saturated heterocycles. The number of unbranched alkanes of at least 4 members (excludes halogenated alkanes) is 3. The summed E-state index contributed by atoms with van der Waals surface area (Å²) in [5.41, 5.74) is 0.203. The third-order valence-corrected chi connectivity index (χ3v) is 3.99. The number of nitrogens with two attached hydrogens (primary N) is 1. The molecule has 4 N–H and O–H groups in total. The molecule has 0 fully saturated rings. The van der Waals surface area contributed by atoms with Crippen molar-refractivity contribution in [2.45, 2.75) is 56.9 Å². The van der Waals surface area contributed by atoms with E-state index in [4.69, 9.17) is 5.14 Å². The molecule has 1 rings (SSSR count). The number of H-pyrrole nitrogens is 1. The van der Waals surface area contributed by atoms with E-state index in [0.29, 0.717) is 0 Å². The third kappa shape index (κ3) is 5.34. The quantitative estimate of drug-likeness (QED) is 0.637. The maximum atomic E-state index is 11.9. The van der Waals surface area contributed by atoms with Crippen LogP contribution in [0.1, 0.15) is 56.4 Å². The molecule has 0 radical (unpaired) electrons. The van der Waals surface area contributed by atoms with Crippen LogP contribution >= 0.6 is 0 Å². The fourth-order valence-electron chi connectivity index (χ4n) is 1.92. The standard InChI is InChI=1S/C13H23N3O3S/c1-3-4-5-6-7-10(2)16-13(17)12-8-11(9-15-12)20(14,18)19/h8-10,15H,3-7H2,1-2H3,(H,16,17)(H2,14,18,19). The van der Waals surface area contributed by atoms with E-state index in [1.165, 1.54) is 25.1 Å². The van der Waals surface area contributed by atoms with Crippen LogP contribution in [-0.4, -0.2) is 25.4 Å². The zero-order valence-electron chi connectivity index (χ0n) is 12.0. The molecule has 0 spiro atoms. The Morgan fingerprint density at radius 2 is 2.10 bits per heavy atom. The lowest BCUT2D eigenvalue weighted by Crippen LogP contribution is -2.32. The van der Waals surface area contributed by atoms with Crippen molar-refractivity contribution < 1.29 is 13.2 Å². The average Bonchev–Trinajstić information content (AvgIpc) is 2.84. The summed E-state index contributed by atoms with van der Waals surface area (Å²) in [6.07, 6.45) is 6.75. The molecule has 20 heavy (non-hydrogen) atoms. The van der Waals surface area contributed by atoms with Crippen LogP contribution in [0.2, 0.25) is 0 Å². The molecule has 0 aromatic carbocycles. The molecule has 0 aliphatic heterocycles. The fraction of sp³-hybridized carbons (Fsp3) is 0.615. The molecule has 6 nitrogen and oxygen atoms in total. The van der Waals surface area contributed by atoms with Crippen molar-refractivity contribution in [3.8, 4) is 0 Å². The number of primary sulfonamides is 1. The van der Waals surface area contributed by atoms with Crippen molar-refractivity contribution in [3.05, 3.63) is 18.0 Å². The highest BCUT2D eigenvalue weighted by molar-refractivity contribution is 7.89. The van der Waals surface area contributed by atoms with Crippen LogP contribution < -0.4 is 10.5 Å². The van der Waals surface area contributed by atoms with Gasteiger partial charge in [0.1, 0.15) is 5.69 Å². The summed E-state index contributed by atoms with van der Waals surface area (Å²) in [5, 5.41) is 7.82. The van der Waals surface area contributed by atoms with E-state index >= 15 is 0 Å². The predicted molar refractivity (Wildman–Crippen MR) is 77.9 cm³/mol. The zero-order chi connectivity index (χ0) is 15.2. The lowest BCUT2D eigenvalue weighted by Gasteiger charge is -2.12. The summed E-state index contributed by atoms with van der Waals surface area (Å²) in [6.45, 7) is 4.09. The zero-order valence-corrected chi connectivity index (χ0v) is 12.8. The van der Waals surface area contributed by atoms with Crippen molar-refractivity contribution >= 4 is 15.9 Å². The Morgan fingerprint density at radius 3 is 2.65 bits per heavy atom. The van der Waals surface area contributed by atoms with Crippen molar-refractivity contribution in [1.82, 2.24) is 10.3 Å². The summed E-state index contributed by atoms with van der Waals surface area (Å²) in [6, 6.07) is 1.30. The van der Waals surface area contributed by atoms with Crippen molar-refractivity contribution in [2.75, 3.05) is 0 Å². The van der Waals surface area contributed by atoms with Gasteiger partial charge in [-0.3, -0.25) is 4.79 Å². The van der Waals surface area contributed by atoms with Crippen LogP contribution in [0.4, 0.5) is 0 Å². The van der Waals surface area contributed by atoms with Crippen molar-refractivity contribution in [2.24, 2.45) is 5.14 Å². The van der Waals surface area contributed by atoms with Gasteiger partial charge >= 0.3 is 0 Å². The lowest BCUT2D eigenvalue weighted by atomic mass is 10.1. The predicted octanol–water partition coefficient (Wildman–Crippen LogP) is 1.75. The van der Waals surface area contributed by atoms with Gasteiger partial charge in [0, 0.05) is 12.2 Å². The Labute approximate surface area is 120 Å². The van der Waals surface area contributed by atoms with E-state index in [0.717, 1.165) is 19.3 Å². The number of nitrogens with one attached hydrogen (secondary N) is 2. The third-order valence-electron chi connectivity index (χ3n) is 3.10. The number of hydrogen-bond acceptors (Lipinski definition) is 3. The SMILES string of the molecule is CCCCCCC(C)NC(=O)c1cc(S(N)(=O)=O)c[nH]1. The highest BCUT2D eigenvalue weighted by Crippen LogP contribution is 2.10. The van der Waals surface area contributed by atoms with Gasteiger partial charge in [0.2, 0.25) is 10.0 Å². The Morgan fingerprint density at radius 1 is 1.40 bits per heavy atom. The first kappa shape index (κ1) is 16.7. The minimum absolute atomic E-state index is 0.0561. The van der Waals surface area contributed by atoms with Crippen molar-refractivity contribution in [1.29, 1.82) is 0 Å². The van der Waals surface area contributed by atoms with Crippen LogP contribution in [0.15, 0.2) is 17.2 Å². The average molecular weight is 301 g/mol. The van der Waals surface area contributed by atoms with Crippen LogP contribution in [0.3, 0.4) is 0 Å². The Hall–Kier alpha value is -1.34. The molecular weight excluding hydrogens is 278 g/mol. The number of aromatic nitrogens is 1. The summed E-state index contributed by atoms with van der Waals surface area (Å²) in [5.74, 6) is -0.317. The highest BCUT2D eigenvalue weighted by atomic mass is 32.2. The summed E-state index contributed by atoms with van der Waals surface area (Å²) in [7, 11) is -3.78. The largest absolute Gasteiger partial charge is 0.356 e. The first-order valence-electron chi connectivity index (χ1n) is 6.86. The fourth-order valence-corrected chi connectivity index (χ4v) is 2.43. The molecular formula is C13H23N3O3S. The van der Waals surface area contributed by atoms with Gasteiger partial charge in [-0.1, -0.05) is 32.6 Å². The number of amides is 1. The molecule has 0 saturated carbocycles. The lowest BCUT2D eigenvalue weighted by molar-refractivity contribution is 0.0933. The summed E-state index contributed by atoms with van der Waals surface area (Å²) >= 11 is 0. The van der Waals surface area contributed by atoms with Gasteiger partial charge in [0.05, 0.1) is 4.90 Å². The second-order valence-electron chi connectivity index (χ2n) is 5.02. The second-order valence-corrected chi connectivity index (χ2v) is 6.58. The van der Waals surface area contributed by atoms with Crippen LogP contribution in [-0.2, 0) is 10.0 Å². The first-order valence-corrected chi connectivity index (χ1v) is 8.41. The van der Waals surface area contributed by atoms with Gasteiger partial charge in [-0.25, -0.2) is 13.6 Å². The van der Waals surface area contributed by atoms with E-state index in [1.807, 2.05) is 6.92 Å². The monoisotopic (exact) mass is 301 g/mol. The molecule has 1 aromatic rings. The highest BCUT2D eigenvalue weighted by Gasteiger charge is 2.15. The molecule has 0 aliphatic rings. The Bertz CT molecular complexity index is 537. The number of sulfonamides is 1. The maximum absolute atomic E-state index is 11.9. The van der Waals surface area contributed by atoms with Gasteiger partial charge in [-0.05, 0) is 19.4 Å². The normalized spacial score (nSPS) is 13.2. The van der Waals surface area contributed by atoms with Crippen molar-refractivity contribution in [3.63, 3.8) is 0 Å². The Kier molecular flexibility index (Phi) is 6.22. The van der Waals surface area contributed by atoms with E-state index in [9.17, 15) is 13.2 Å². The molecule has 1 heterocycles. The number of carbonyl (C=O) groups excluding carboxylic acids is 1.